The summed E-state index contributed by atoms with van der Waals surface area (Å²) < 4.78 is 23.2. The van der Waals surface area contributed by atoms with E-state index < -0.39 is 9.84 Å². The number of carbonyl (C=O) groups is 1. The van der Waals surface area contributed by atoms with E-state index in [1.807, 2.05) is 18.2 Å². The Morgan fingerprint density at radius 3 is 2.65 bits per heavy atom. The maximum atomic E-state index is 12.6. The van der Waals surface area contributed by atoms with Crippen LogP contribution in [0.5, 0.6) is 0 Å². The average molecular weight is 336 g/mol. The van der Waals surface area contributed by atoms with E-state index in [0.717, 1.165) is 19.4 Å². The number of hydrogen-bond acceptors (Lipinski definition) is 4. The van der Waals surface area contributed by atoms with Gasteiger partial charge < -0.3 is 4.90 Å². The second kappa shape index (κ2) is 6.61. The van der Waals surface area contributed by atoms with Gasteiger partial charge in [-0.2, -0.15) is 0 Å². The van der Waals surface area contributed by atoms with Crippen molar-refractivity contribution in [3.05, 3.63) is 35.9 Å². The van der Waals surface area contributed by atoms with Crippen LogP contribution in [0.25, 0.3) is 0 Å². The van der Waals surface area contributed by atoms with Gasteiger partial charge in [-0.15, -0.1) is 0 Å². The Morgan fingerprint density at radius 2 is 2.00 bits per heavy atom. The summed E-state index contributed by atoms with van der Waals surface area (Å²) in [5.41, 5.74) is 1.25. The third-order valence-corrected chi connectivity index (χ3v) is 6.79. The molecule has 23 heavy (non-hydrogen) atoms. The molecular weight excluding hydrogens is 312 g/mol. The number of nitrogens with zero attached hydrogens (tertiary/aromatic N) is 2. The topological polar surface area (TPSA) is 57.7 Å². The summed E-state index contributed by atoms with van der Waals surface area (Å²) >= 11 is 0. The van der Waals surface area contributed by atoms with Crippen molar-refractivity contribution in [2.75, 3.05) is 31.6 Å². The van der Waals surface area contributed by atoms with Crippen molar-refractivity contribution in [2.24, 2.45) is 0 Å². The van der Waals surface area contributed by atoms with Gasteiger partial charge in [-0.3, -0.25) is 9.69 Å². The number of carbonyl (C=O) groups excluding carboxylic acids is 1. The number of amides is 1. The van der Waals surface area contributed by atoms with Crippen LogP contribution in [0.15, 0.2) is 30.3 Å². The molecule has 0 bridgehead atoms. The Balaban J connectivity index is 1.63. The van der Waals surface area contributed by atoms with E-state index in [4.69, 9.17) is 0 Å². The van der Waals surface area contributed by atoms with Gasteiger partial charge in [0.05, 0.1) is 18.1 Å². The molecule has 0 aliphatic carbocycles. The van der Waals surface area contributed by atoms with Crippen molar-refractivity contribution in [1.29, 1.82) is 0 Å². The molecule has 1 aromatic rings. The Labute approximate surface area is 138 Å². The lowest BCUT2D eigenvalue weighted by molar-refractivity contribution is -0.133. The predicted octanol–water partition coefficient (Wildman–Crippen LogP) is 1.47. The molecule has 2 atom stereocenters. The fourth-order valence-corrected chi connectivity index (χ4v) is 5.41. The smallest absolute Gasteiger partial charge is 0.236 e. The van der Waals surface area contributed by atoms with Crippen LogP contribution in [-0.4, -0.2) is 61.8 Å². The van der Waals surface area contributed by atoms with Crippen molar-refractivity contribution in [1.82, 2.24) is 9.80 Å². The van der Waals surface area contributed by atoms with Crippen LogP contribution in [0.4, 0.5) is 0 Å². The van der Waals surface area contributed by atoms with Crippen LogP contribution in [0.2, 0.25) is 0 Å². The normalized spacial score (nSPS) is 27.2. The quantitative estimate of drug-likeness (QED) is 0.835. The standard InChI is InChI=1S/C17H24N2O3S/c1-18(15-9-11-23(21,22)13-15)17(20)12-19-10-5-8-16(19)14-6-3-2-4-7-14/h2-4,6-7,15-16H,5,8-13H2,1H3. The lowest BCUT2D eigenvalue weighted by atomic mass is 10.0. The fraction of sp³-hybridized carbons (Fsp3) is 0.588. The first-order valence-electron chi connectivity index (χ1n) is 8.21. The van der Waals surface area contributed by atoms with E-state index in [0.29, 0.717) is 19.0 Å². The first kappa shape index (κ1) is 16.5. The highest BCUT2D eigenvalue weighted by Gasteiger charge is 2.34. The van der Waals surface area contributed by atoms with Crippen LogP contribution < -0.4 is 0 Å². The predicted molar refractivity (Wildman–Crippen MR) is 89.8 cm³/mol. The number of benzene rings is 1. The molecule has 2 saturated heterocycles. The van der Waals surface area contributed by atoms with Gasteiger partial charge in [-0.25, -0.2) is 8.42 Å². The van der Waals surface area contributed by atoms with Crippen LogP contribution >= 0.6 is 0 Å². The lowest BCUT2D eigenvalue weighted by Crippen LogP contribution is -2.43. The van der Waals surface area contributed by atoms with E-state index in [1.165, 1.54) is 5.56 Å². The zero-order chi connectivity index (χ0) is 16.4. The van der Waals surface area contributed by atoms with Crippen LogP contribution in [0, 0.1) is 0 Å². The average Bonchev–Trinajstić information content (AvgIpc) is 3.13. The summed E-state index contributed by atoms with van der Waals surface area (Å²) in [6.45, 7) is 1.29. The lowest BCUT2D eigenvalue weighted by Gasteiger charge is -2.29. The van der Waals surface area contributed by atoms with E-state index in [2.05, 4.69) is 17.0 Å². The highest BCUT2D eigenvalue weighted by molar-refractivity contribution is 7.91. The maximum absolute atomic E-state index is 12.6. The van der Waals surface area contributed by atoms with Gasteiger partial charge >= 0.3 is 0 Å². The van der Waals surface area contributed by atoms with E-state index >= 15 is 0 Å². The minimum atomic E-state index is -2.96. The molecule has 2 unspecified atom stereocenters. The van der Waals surface area contributed by atoms with Crippen molar-refractivity contribution >= 4 is 15.7 Å². The third-order valence-electron chi connectivity index (χ3n) is 5.04. The number of hydrogen-bond donors (Lipinski definition) is 0. The molecule has 0 aromatic heterocycles. The van der Waals surface area contributed by atoms with Crippen LogP contribution in [0.3, 0.4) is 0 Å². The zero-order valence-corrected chi connectivity index (χ0v) is 14.3. The Kier molecular flexibility index (Phi) is 4.73. The van der Waals surface area contributed by atoms with Gasteiger partial charge in [0.2, 0.25) is 5.91 Å². The monoisotopic (exact) mass is 336 g/mol. The molecule has 2 fully saturated rings. The van der Waals surface area contributed by atoms with Crippen molar-refractivity contribution in [2.45, 2.75) is 31.3 Å². The minimum Gasteiger partial charge on any atom is -0.341 e. The molecule has 1 amide bonds. The summed E-state index contributed by atoms with van der Waals surface area (Å²) in [5.74, 6) is 0.332. The van der Waals surface area contributed by atoms with Crippen LogP contribution in [0.1, 0.15) is 30.9 Å². The molecule has 1 aromatic carbocycles. The first-order chi connectivity index (χ1) is 11.0. The van der Waals surface area contributed by atoms with Crippen molar-refractivity contribution < 1.29 is 13.2 Å². The summed E-state index contributed by atoms with van der Waals surface area (Å²) in [5, 5.41) is 0. The SMILES string of the molecule is CN(C(=O)CN1CCCC1c1ccccc1)C1CCS(=O)(=O)C1. The van der Waals surface area contributed by atoms with Crippen molar-refractivity contribution in [3.8, 4) is 0 Å². The second-order valence-corrected chi connectivity index (χ2v) is 8.83. The molecule has 0 radical (unpaired) electrons. The van der Waals surface area contributed by atoms with Crippen molar-refractivity contribution in [3.63, 3.8) is 0 Å². The Hall–Kier alpha value is -1.40. The van der Waals surface area contributed by atoms with Gasteiger partial charge in [-0.05, 0) is 31.4 Å². The molecule has 2 aliphatic rings. The maximum Gasteiger partial charge on any atom is 0.236 e. The molecule has 0 N–H and O–H groups in total. The highest BCUT2D eigenvalue weighted by atomic mass is 32.2. The number of sulfone groups is 1. The number of rotatable bonds is 4. The molecule has 3 rings (SSSR count). The van der Waals surface area contributed by atoms with Gasteiger partial charge in [0.15, 0.2) is 9.84 Å². The zero-order valence-electron chi connectivity index (χ0n) is 13.5. The minimum absolute atomic E-state index is 0.0231. The van der Waals surface area contributed by atoms with E-state index in [9.17, 15) is 13.2 Å². The van der Waals surface area contributed by atoms with Gasteiger partial charge in [0.25, 0.3) is 0 Å². The summed E-state index contributed by atoms with van der Waals surface area (Å²) in [4.78, 5) is 16.4. The van der Waals surface area contributed by atoms with Gasteiger partial charge in [-0.1, -0.05) is 30.3 Å². The highest BCUT2D eigenvalue weighted by Crippen LogP contribution is 2.31. The Morgan fingerprint density at radius 1 is 1.26 bits per heavy atom. The number of likely N-dealkylation sites (N-methyl/N-ethyl adjacent to an activating group) is 1. The summed E-state index contributed by atoms with van der Waals surface area (Å²) in [6, 6.07) is 10.4. The molecule has 2 aliphatic heterocycles. The van der Waals surface area contributed by atoms with Gasteiger partial charge in [0, 0.05) is 19.1 Å². The fourth-order valence-electron chi connectivity index (χ4n) is 3.64. The molecule has 0 spiro atoms. The van der Waals surface area contributed by atoms with Crippen LogP contribution in [-0.2, 0) is 14.6 Å². The van der Waals surface area contributed by atoms with E-state index in [1.54, 1.807) is 11.9 Å². The molecule has 5 nitrogen and oxygen atoms in total. The summed E-state index contributed by atoms with van der Waals surface area (Å²) in [6.07, 6.45) is 2.72. The first-order valence-corrected chi connectivity index (χ1v) is 10.0. The molecule has 0 saturated carbocycles. The molecule has 126 valence electrons. The summed E-state index contributed by atoms with van der Waals surface area (Å²) in [7, 11) is -1.22. The van der Waals surface area contributed by atoms with E-state index in [-0.39, 0.29) is 23.5 Å². The molecular formula is C17H24N2O3S. The third kappa shape index (κ3) is 3.75. The second-order valence-electron chi connectivity index (χ2n) is 6.60. The number of likely N-dealkylation sites (tertiary alicyclic amines) is 1. The largest absolute Gasteiger partial charge is 0.341 e. The Bertz CT molecular complexity index is 660. The molecule has 6 heteroatoms. The molecule has 2 heterocycles. The van der Waals surface area contributed by atoms with Gasteiger partial charge in [0.1, 0.15) is 0 Å².